The van der Waals surface area contributed by atoms with Crippen molar-refractivity contribution in [1.29, 1.82) is 0 Å². The average Bonchev–Trinajstić information content (AvgIpc) is 3.07. The summed E-state index contributed by atoms with van der Waals surface area (Å²) in [4.78, 5) is 27.0. The molecule has 3 rings (SSSR count). The summed E-state index contributed by atoms with van der Waals surface area (Å²) in [6.45, 7) is 0.414. The van der Waals surface area contributed by atoms with Crippen LogP contribution in [0.25, 0.3) is 10.9 Å². The Morgan fingerprint density at radius 3 is 2.76 bits per heavy atom. The van der Waals surface area contributed by atoms with Crippen molar-refractivity contribution < 1.29 is 9.59 Å². The smallest absolute Gasteiger partial charge is 0.251 e. The molecule has 3 N–H and O–H groups in total. The van der Waals surface area contributed by atoms with Crippen LogP contribution in [0.2, 0.25) is 0 Å². The lowest BCUT2D eigenvalue weighted by atomic mass is 10.1. The summed E-state index contributed by atoms with van der Waals surface area (Å²) >= 11 is 0. The number of carbonyl (C=O) groups excluding carboxylic acids is 2. The highest BCUT2D eigenvalue weighted by Crippen LogP contribution is 2.18. The quantitative estimate of drug-likeness (QED) is 0.648. The Bertz CT molecular complexity index is 899. The maximum atomic E-state index is 12.1. The molecular formula is C20H21N3O2. The number of amides is 2. The first kappa shape index (κ1) is 16.8. The average molecular weight is 335 g/mol. The van der Waals surface area contributed by atoms with Crippen molar-refractivity contribution in [2.24, 2.45) is 0 Å². The second-order valence-electron chi connectivity index (χ2n) is 5.92. The van der Waals surface area contributed by atoms with Crippen LogP contribution in [0.15, 0.2) is 54.7 Å². The van der Waals surface area contributed by atoms with Gasteiger partial charge in [-0.15, -0.1) is 0 Å². The van der Waals surface area contributed by atoms with E-state index in [9.17, 15) is 9.59 Å². The molecule has 0 unspecified atom stereocenters. The number of hydrogen-bond donors (Lipinski definition) is 3. The number of carbonyl (C=O) groups is 2. The van der Waals surface area contributed by atoms with Crippen molar-refractivity contribution in [2.75, 3.05) is 7.05 Å². The third-order valence-corrected chi connectivity index (χ3v) is 4.20. The second kappa shape index (κ2) is 7.66. The number of aryl methyl sites for hydroxylation is 1. The van der Waals surface area contributed by atoms with Crippen molar-refractivity contribution in [3.8, 4) is 0 Å². The molecule has 5 heteroatoms. The molecule has 0 aliphatic carbocycles. The fourth-order valence-electron chi connectivity index (χ4n) is 2.84. The van der Waals surface area contributed by atoms with Crippen molar-refractivity contribution in [1.82, 2.24) is 15.6 Å². The summed E-state index contributed by atoms with van der Waals surface area (Å²) in [5.41, 5.74) is 3.73. The van der Waals surface area contributed by atoms with E-state index in [0.29, 0.717) is 24.9 Å². The summed E-state index contributed by atoms with van der Waals surface area (Å²) in [7, 11) is 1.60. The van der Waals surface area contributed by atoms with E-state index < -0.39 is 0 Å². The molecule has 2 amide bonds. The van der Waals surface area contributed by atoms with E-state index >= 15 is 0 Å². The van der Waals surface area contributed by atoms with Gasteiger partial charge < -0.3 is 15.6 Å². The molecule has 0 atom stereocenters. The molecule has 0 fully saturated rings. The molecule has 128 valence electrons. The van der Waals surface area contributed by atoms with E-state index in [1.54, 1.807) is 19.2 Å². The molecule has 2 aromatic carbocycles. The Hall–Kier alpha value is -3.08. The van der Waals surface area contributed by atoms with Crippen LogP contribution in [0.3, 0.4) is 0 Å². The van der Waals surface area contributed by atoms with Crippen LogP contribution in [0.5, 0.6) is 0 Å². The van der Waals surface area contributed by atoms with Gasteiger partial charge in [0.25, 0.3) is 5.91 Å². The van der Waals surface area contributed by atoms with Gasteiger partial charge in [-0.2, -0.15) is 0 Å². The number of fused-ring (bicyclic) bond motifs is 1. The zero-order valence-electron chi connectivity index (χ0n) is 14.1. The summed E-state index contributed by atoms with van der Waals surface area (Å²) in [6.07, 6.45) is 3.08. The molecule has 0 aliphatic rings. The largest absolute Gasteiger partial charge is 0.361 e. The van der Waals surface area contributed by atoms with Gasteiger partial charge in [0, 0.05) is 42.7 Å². The monoisotopic (exact) mass is 335 g/mol. The lowest BCUT2D eigenvalue weighted by Crippen LogP contribution is -2.23. The van der Waals surface area contributed by atoms with Gasteiger partial charge in [0.2, 0.25) is 5.91 Å². The molecule has 25 heavy (non-hydrogen) atoms. The number of aromatic amines is 1. The fraction of sp³-hybridized carbons (Fsp3) is 0.200. The first-order chi connectivity index (χ1) is 12.2. The number of H-pyrrole nitrogens is 1. The Balaban J connectivity index is 1.54. The Kier molecular flexibility index (Phi) is 5.14. The van der Waals surface area contributed by atoms with Gasteiger partial charge in [-0.05, 0) is 35.7 Å². The van der Waals surface area contributed by atoms with E-state index in [1.807, 2.05) is 36.5 Å². The van der Waals surface area contributed by atoms with Crippen LogP contribution in [0, 0.1) is 0 Å². The van der Waals surface area contributed by atoms with Gasteiger partial charge in [0.05, 0.1) is 0 Å². The molecule has 1 aromatic heterocycles. The van der Waals surface area contributed by atoms with Crippen LogP contribution in [-0.2, 0) is 17.8 Å². The molecule has 0 saturated heterocycles. The number of para-hydroxylation sites is 1. The lowest BCUT2D eigenvalue weighted by Gasteiger charge is -2.07. The Labute approximate surface area is 146 Å². The van der Waals surface area contributed by atoms with Gasteiger partial charge in [0.15, 0.2) is 0 Å². The normalized spacial score (nSPS) is 10.6. The molecule has 5 nitrogen and oxygen atoms in total. The van der Waals surface area contributed by atoms with E-state index in [-0.39, 0.29) is 11.8 Å². The number of aromatic nitrogens is 1. The number of benzene rings is 2. The molecule has 0 radical (unpaired) electrons. The van der Waals surface area contributed by atoms with Crippen LogP contribution >= 0.6 is 0 Å². The number of nitrogens with one attached hydrogen (secondary N) is 3. The minimum Gasteiger partial charge on any atom is -0.361 e. The maximum absolute atomic E-state index is 12.1. The topological polar surface area (TPSA) is 74.0 Å². The van der Waals surface area contributed by atoms with Crippen molar-refractivity contribution >= 4 is 22.7 Å². The summed E-state index contributed by atoms with van der Waals surface area (Å²) < 4.78 is 0. The predicted octanol–water partition coefficient (Wildman–Crippen LogP) is 2.78. The molecule has 0 bridgehead atoms. The van der Waals surface area contributed by atoms with Crippen LogP contribution in [-0.4, -0.2) is 23.8 Å². The van der Waals surface area contributed by atoms with Crippen LogP contribution < -0.4 is 10.6 Å². The van der Waals surface area contributed by atoms with E-state index in [0.717, 1.165) is 22.0 Å². The second-order valence-corrected chi connectivity index (χ2v) is 5.92. The molecule has 1 heterocycles. The Morgan fingerprint density at radius 1 is 1.08 bits per heavy atom. The molecule has 0 spiro atoms. The summed E-state index contributed by atoms with van der Waals surface area (Å²) in [6, 6.07) is 15.3. The first-order valence-electron chi connectivity index (χ1n) is 8.30. The third-order valence-electron chi connectivity index (χ3n) is 4.20. The number of hydrogen-bond acceptors (Lipinski definition) is 2. The number of rotatable bonds is 6. The van der Waals surface area contributed by atoms with Gasteiger partial charge >= 0.3 is 0 Å². The first-order valence-corrected chi connectivity index (χ1v) is 8.30. The Morgan fingerprint density at radius 2 is 1.92 bits per heavy atom. The molecular weight excluding hydrogens is 314 g/mol. The zero-order valence-corrected chi connectivity index (χ0v) is 14.1. The highest BCUT2D eigenvalue weighted by atomic mass is 16.2. The fourth-order valence-corrected chi connectivity index (χ4v) is 2.84. The summed E-state index contributed by atoms with van der Waals surface area (Å²) in [5.74, 6) is -0.136. The van der Waals surface area contributed by atoms with Crippen molar-refractivity contribution in [3.05, 3.63) is 71.4 Å². The minimum absolute atomic E-state index is 0.00405. The predicted molar refractivity (Wildman–Crippen MR) is 98.3 cm³/mol. The van der Waals surface area contributed by atoms with Gasteiger partial charge in [0.1, 0.15) is 0 Å². The van der Waals surface area contributed by atoms with Crippen LogP contribution in [0.4, 0.5) is 0 Å². The van der Waals surface area contributed by atoms with Crippen LogP contribution in [0.1, 0.15) is 27.9 Å². The molecule has 3 aromatic rings. The lowest BCUT2D eigenvalue weighted by molar-refractivity contribution is -0.121. The van der Waals surface area contributed by atoms with Crippen molar-refractivity contribution in [3.63, 3.8) is 0 Å². The SMILES string of the molecule is CNC(=O)c1cccc(CNC(=O)CCc2c[nH]c3ccccc23)c1. The molecule has 0 aliphatic heterocycles. The molecule has 0 saturated carbocycles. The van der Waals surface area contributed by atoms with Gasteiger partial charge in [-0.3, -0.25) is 9.59 Å². The standard InChI is InChI=1S/C20H21N3O2/c1-21-20(25)15-6-4-5-14(11-15)12-23-19(24)10-9-16-13-22-18-8-3-2-7-17(16)18/h2-8,11,13,22H,9-10,12H2,1H3,(H,21,25)(H,23,24). The van der Waals surface area contributed by atoms with Gasteiger partial charge in [-0.25, -0.2) is 0 Å². The van der Waals surface area contributed by atoms with E-state index in [2.05, 4.69) is 21.7 Å². The highest BCUT2D eigenvalue weighted by molar-refractivity contribution is 5.94. The minimum atomic E-state index is -0.132. The van der Waals surface area contributed by atoms with E-state index in [1.165, 1.54) is 0 Å². The highest BCUT2D eigenvalue weighted by Gasteiger charge is 2.08. The van der Waals surface area contributed by atoms with Gasteiger partial charge in [-0.1, -0.05) is 30.3 Å². The maximum Gasteiger partial charge on any atom is 0.251 e. The third kappa shape index (κ3) is 4.07. The summed E-state index contributed by atoms with van der Waals surface area (Å²) in [5, 5.41) is 6.67. The van der Waals surface area contributed by atoms with Crippen molar-refractivity contribution in [2.45, 2.75) is 19.4 Å². The zero-order chi connectivity index (χ0) is 17.6. The van der Waals surface area contributed by atoms with E-state index in [4.69, 9.17) is 0 Å².